The molecule has 1 amide bonds. The normalized spacial score (nSPS) is 13.5. The molecule has 0 unspecified atom stereocenters. The van der Waals surface area contributed by atoms with Crippen molar-refractivity contribution in [3.05, 3.63) is 29.3 Å². The number of anilines is 1. The van der Waals surface area contributed by atoms with Gasteiger partial charge >= 0.3 is 0 Å². The van der Waals surface area contributed by atoms with Crippen LogP contribution in [0.1, 0.15) is 49.0 Å². The number of methoxy groups -OCH3 is 1. The average molecular weight is 392 g/mol. The van der Waals surface area contributed by atoms with Crippen molar-refractivity contribution in [2.24, 2.45) is 0 Å². The number of benzene rings is 1. The fourth-order valence-electron chi connectivity index (χ4n) is 2.58. The molecule has 1 heterocycles. The van der Waals surface area contributed by atoms with Gasteiger partial charge in [0.1, 0.15) is 5.75 Å². The predicted octanol–water partition coefficient (Wildman–Crippen LogP) is 3.95. The summed E-state index contributed by atoms with van der Waals surface area (Å²) in [6, 6.07) is 5.71. The van der Waals surface area contributed by atoms with Gasteiger partial charge in [0.15, 0.2) is 10.1 Å². The second-order valence-corrected chi connectivity index (χ2v) is 8.25. The number of ether oxygens (including phenoxy) is 1. The van der Waals surface area contributed by atoms with Crippen molar-refractivity contribution in [3.63, 3.8) is 0 Å². The highest BCUT2D eigenvalue weighted by molar-refractivity contribution is 8.00. The zero-order valence-corrected chi connectivity index (χ0v) is 16.7. The van der Waals surface area contributed by atoms with Gasteiger partial charge in [-0.25, -0.2) is 0 Å². The Labute approximate surface area is 160 Å². The molecular weight excluding hydrogens is 370 g/mol. The Kier molecular flexibility index (Phi) is 5.93. The van der Waals surface area contributed by atoms with Crippen molar-refractivity contribution in [1.29, 1.82) is 0 Å². The van der Waals surface area contributed by atoms with E-state index in [9.17, 15) is 9.59 Å². The lowest BCUT2D eigenvalue weighted by molar-refractivity contribution is -0.118. The number of thioether (sulfide) groups is 1. The predicted molar refractivity (Wildman–Crippen MR) is 103 cm³/mol. The van der Waals surface area contributed by atoms with E-state index in [0.29, 0.717) is 22.9 Å². The van der Waals surface area contributed by atoms with Crippen LogP contribution in [0, 0.1) is 0 Å². The molecule has 3 rings (SSSR count). The van der Waals surface area contributed by atoms with Crippen molar-refractivity contribution < 1.29 is 14.3 Å². The van der Waals surface area contributed by atoms with Crippen LogP contribution in [0.3, 0.4) is 0 Å². The number of Topliss-reactive ketones (excluding diaryl/α,β-unsaturated/α-hetero) is 1. The van der Waals surface area contributed by atoms with Gasteiger partial charge < -0.3 is 4.74 Å². The van der Waals surface area contributed by atoms with Gasteiger partial charge in [0.25, 0.3) is 0 Å². The first-order valence-corrected chi connectivity index (χ1v) is 10.3. The lowest BCUT2D eigenvalue weighted by Crippen LogP contribution is -2.32. The monoisotopic (exact) mass is 391 g/mol. The number of hydrogen-bond acceptors (Lipinski definition) is 7. The molecule has 0 radical (unpaired) electrons. The minimum absolute atomic E-state index is 0.0234. The fraction of sp³-hybridized carbons (Fsp3) is 0.444. The van der Waals surface area contributed by atoms with Crippen molar-refractivity contribution in [3.8, 4) is 5.75 Å². The second kappa shape index (κ2) is 8.18. The van der Waals surface area contributed by atoms with Gasteiger partial charge in [0.2, 0.25) is 11.0 Å². The Hall–Kier alpha value is -1.93. The number of aromatic nitrogens is 2. The fourth-order valence-corrected chi connectivity index (χ4v) is 4.49. The number of ketones is 1. The van der Waals surface area contributed by atoms with E-state index < -0.39 is 0 Å². The standard InChI is InChI=1S/C18H21N3O3S2/c1-4-16(23)21(14-6-7-14)17-19-20-18(26-17)25-10-13-9-12(11(2)22)5-8-15(13)24-3/h5,8-9,14H,4,6-7,10H2,1-3H3. The van der Waals surface area contributed by atoms with Crippen molar-refractivity contribution in [1.82, 2.24) is 10.2 Å². The highest BCUT2D eigenvalue weighted by atomic mass is 32.2. The van der Waals surface area contributed by atoms with Crippen LogP contribution in [-0.4, -0.2) is 35.0 Å². The smallest absolute Gasteiger partial charge is 0.228 e. The molecule has 138 valence electrons. The maximum atomic E-state index is 12.2. The van der Waals surface area contributed by atoms with Gasteiger partial charge in [0.05, 0.1) is 7.11 Å². The van der Waals surface area contributed by atoms with Crippen LogP contribution in [0.2, 0.25) is 0 Å². The van der Waals surface area contributed by atoms with Crippen molar-refractivity contribution in [2.75, 3.05) is 12.0 Å². The Morgan fingerprint density at radius 1 is 1.35 bits per heavy atom. The molecule has 1 aliphatic carbocycles. The van der Waals surface area contributed by atoms with E-state index in [2.05, 4.69) is 10.2 Å². The van der Waals surface area contributed by atoms with Gasteiger partial charge in [-0.2, -0.15) is 0 Å². The lowest BCUT2D eigenvalue weighted by Gasteiger charge is -2.17. The summed E-state index contributed by atoms with van der Waals surface area (Å²) in [7, 11) is 1.61. The Morgan fingerprint density at radius 2 is 2.12 bits per heavy atom. The number of carbonyl (C=O) groups excluding carboxylic acids is 2. The first kappa shape index (κ1) is 18.8. The third-order valence-corrected chi connectivity index (χ3v) is 6.23. The van der Waals surface area contributed by atoms with Crippen molar-refractivity contribution in [2.45, 2.75) is 49.2 Å². The van der Waals surface area contributed by atoms with E-state index in [1.165, 1.54) is 23.1 Å². The van der Waals surface area contributed by atoms with Gasteiger partial charge in [-0.05, 0) is 38.0 Å². The van der Waals surface area contributed by atoms with Crippen LogP contribution in [0.5, 0.6) is 5.75 Å². The molecule has 26 heavy (non-hydrogen) atoms. The summed E-state index contributed by atoms with van der Waals surface area (Å²) >= 11 is 2.96. The molecule has 0 saturated heterocycles. The molecule has 8 heteroatoms. The summed E-state index contributed by atoms with van der Waals surface area (Å²) in [6.07, 6.45) is 2.53. The lowest BCUT2D eigenvalue weighted by atomic mass is 10.1. The molecule has 1 saturated carbocycles. The number of amides is 1. The Morgan fingerprint density at radius 3 is 2.73 bits per heavy atom. The summed E-state index contributed by atoms with van der Waals surface area (Å²) in [5.41, 5.74) is 1.60. The minimum Gasteiger partial charge on any atom is -0.496 e. The molecule has 0 N–H and O–H groups in total. The summed E-state index contributed by atoms with van der Waals surface area (Å²) in [4.78, 5) is 25.6. The van der Waals surface area contributed by atoms with Crippen LogP contribution in [-0.2, 0) is 10.5 Å². The van der Waals surface area contributed by atoms with Crippen LogP contribution >= 0.6 is 23.1 Å². The molecule has 1 fully saturated rings. The number of rotatable bonds is 8. The van der Waals surface area contributed by atoms with E-state index in [1.54, 1.807) is 25.0 Å². The summed E-state index contributed by atoms with van der Waals surface area (Å²) in [5.74, 6) is 1.48. The molecule has 1 aliphatic rings. The van der Waals surface area contributed by atoms with Gasteiger partial charge in [0, 0.05) is 29.3 Å². The molecule has 0 bridgehead atoms. The van der Waals surface area contributed by atoms with Crippen LogP contribution in [0.15, 0.2) is 22.5 Å². The van der Waals surface area contributed by atoms with Crippen LogP contribution in [0.4, 0.5) is 5.13 Å². The zero-order chi connectivity index (χ0) is 18.7. The average Bonchev–Trinajstić information content (AvgIpc) is 3.37. The van der Waals surface area contributed by atoms with E-state index in [1.807, 2.05) is 19.1 Å². The Bertz CT molecular complexity index is 818. The number of hydrogen-bond donors (Lipinski definition) is 0. The third kappa shape index (κ3) is 4.24. The molecule has 0 aliphatic heterocycles. The minimum atomic E-state index is 0.0234. The highest BCUT2D eigenvalue weighted by Gasteiger charge is 2.35. The summed E-state index contributed by atoms with van der Waals surface area (Å²) < 4.78 is 6.18. The number of carbonyl (C=O) groups is 2. The number of nitrogens with zero attached hydrogens (tertiary/aromatic N) is 3. The maximum absolute atomic E-state index is 12.2. The molecule has 6 nitrogen and oxygen atoms in total. The second-order valence-electron chi connectivity index (χ2n) is 6.07. The first-order chi connectivity index (χ1) is 12.5. The summed E-state index contributed by atoms with van der Waals surface area (Å²) in [6.45, 7) is 3.41. The first-order valence-electron chi connectivity index (χ1n) is 8.49. The molecule has 1 aromatic carbocycles. The molecule has 2 aromatic rings. The van der Waals surface area contributed by atoms with E-state index in [0.717, 1.165) is 28.5 Å². The van der Waals surface area contributed by atoms with Gasteiger partial charge in [-0.15, -0.1) is 10.2 Å². The quantitative estimate of drug-likeness (QED) is 0.385. The molecular formula is C18H21N3O3S2. The molecule has 0 spiro atoms. The van der Waals surface area contributed by atoms with Gasteiger partial charge in [-0.1, -0.05) is 30.0 Å². The maximum Gasteiger partial charge on any atom is 0.228 e. The molecule has 1 aromatic heterocycles. The molecule has 0 atom stereocenters. The third-order valence-electron chi connectivity index (χ3n) is 4.12. The highest BCUT2D eigenvalue weighted by Crippen LogP contribution is 2.37. The van der Waals surface area contributed by atoms with Gasteiger partial charge in [-0.3, -0.25) is 14.5 Å². The van der Waals surface area contributed by atoms with E-state index >= 15 is 0 Å². The largest absolute Gasteiger partial charge is 0.496 e. The van der Waals surface area contributed by atoms with Crippen LogP contribution < -0.4 is 9.64 Å². The Balaban J connectivity index is 1.73. The topological polar surface area (TPSA) is 72.4 Å². The van der Waals surface area contributed by atoms with Crippen molar-refractivity contribution >= 4 is 39.9 Å². The van der Waals surface area contributed by atoms with E-state index in [-0.39, 0.29) is 17.7 Å². The van der Waals surface area contributed by atoms with Crippen LogP contribution in [0.25, 0.3) is 0 Å². The zero-order valence-electron chi connectivity index (χ0n) is 15.0. The van der Waals surface area contributed by atoms with E-state index in [4.69, 9.17) is 4.74 Å². The SMILES string of the molecule is CCC(=O)N(c1nnc(SCc2cc(C(C)=O)ccc2OC)s1)C1CC1. The summed E-state index contributed by atoms with van der Waals surface area (Å²) in [5, 5.41) is 9.11.